The fraction of sp³-hybridized carbons (Fsp3) is 0.538. The summed E-state index contributed by atoms with van der Waals surface area (Å²) in [4.78, 5) is 2.17. The molecule has 0 bridgehead atoms. The second-order valence-electron chi connectivity index (χ2n) is 4.97. The molecule has 1 N–H and O–H groups in total. The molecule has 1 saturated carbocycles. The van der Waals surface area contributed by atoms with Gasteiger partial charge in [0.1, 0.15) is 5.82 Å². The fourth-order valence-corrected chi connectivity index (χ4v) is 2.66. The zero-order chi connectivity index (χ0) is 11.8. The van der Waals surface area contributed by atoms with Gasteiger partial charge in [-0.1, -0.05) is 11.6 Å². The van der Waals surface area contributed by atoms with Gasteiger partial charge in [-0.05, 0) is 37.5 Å². The van der Waals surface area contributed by atoms with Gasteiger partial charge in [0.25, 0.3) is 0 Å². The van der Waals surface area contributed by atoms with Crippen molar-refractivity contribution in [3.8, 4) is 0 Å². The minimum Gasteiger partial charge on any atom is -0.369 e. The molecule has 1 aromatic rings. The largest absolute Gasteiger partial charge is 0.369 e. The first-order valence-electron chi connectivity index (χ1n) is 6.18. The van der Waals surface area contributed by atoms with Crippen LogP contribution in [0.5, 0.6) is 0 Å². The molecule has 3 rings (SSSR count). The van der Waals surface area contributed by atoms with Crippen molar-refractivity contribution in [1.82, 2.24) is 5.32 Å². The second kappa shape index (κ2) is 4.46. The molecule has 1 unspecified atom stereocenters. The summed E-state index contributed by atoms with van der Waals surface area (Å²) in [7, 11) is 0. The third-order valence-corrected chi connectivity index (χ3v) is 3.81. The first-order chi connectivity index (χ1) is 8.22. The van der Waals surface area contributed by atoms with Crippen LogP contribution >= 0.6 is 11.6 Å². The predicted molar refractivity (Wildman–Crippen MR) is 68.2 cm³/mol. The average Bonchev–Trinajstić information content (AvgIpc) is 2.99. The van der Waals surface area contributed by atoms with E-state index in [0.717, 1.165) is 31.2 Å². The molecule has 0 aromatic heterocycles. The Morgan fingerprint density at radius 2 is 2.06 bits per heavy atom. The molecular weight excluding hydrogens is 239 g/mol. The van der Waals surface area contributed by atoms with E-state index in [-0.39, 0.29) is 5.82 Å². The van der Waals surface area contributed by atoms with Crippen LogP contribution in [0.25, 0.3) is 0 Å². The molecule has 92 valence electrons. The van der Waals surface area contributed by atoms with Gasteiger partial charge >= 0.3 is 0 Å². The zero-order valence-corrected chi connectivity index (χ0v) is 10.4. The summed E-state index contributed by atoms with van der Waals surface area (Å²) in [5, 5.41) is 4.25. The van der Waals surface area contributed by atoms with E-state index in [4.69, 9.17) is 11.6 Å². The van der Waals surface area contributed by atoms with Crippen LogP contribution in [0.2, 0.25) is 5.02 Å². The number of hydrogen-bond acceptors (Lipinski definition) is 2. The molecule has 1 aromatic carbocycles. The zero-order valence-electron chi connectivity index (χ0n) is 9.63. The third kappa shape index (κ3) is 2.55. The van der Waals surface area contributed by atoms with Gasteiger partial charge in [-0.25, -0.2) is 4.39 Å². The summed E-state index contributed by atoms with van der Waals surface area (Å²) in [6.07, 6.45) is 3.72. The highest BCUT2D eigenvalue weighted by molar-refractivity contribution is 6.33. The Bertz CT molecular complexity index is 420. The molecule has 1 aliphatic carbocycles. The van der Waals surface area contributed by atoms with Crippen molar-refractivity contribution < 1.29 is 4.39 Å². The van der Waals surface area contributed by atoms with E-state index >= 15 is 0 Å². The molecule has 4 heteroatoms. The van der Waals surface area contributed by atoms with Gasteiger partial charge in [0, 0.05) is 25.2 Å². The van der Waals surface area contributed by atoms with Crippen LogP contribution < -0.4 is 10.2 Å². The van der Waals surface area contributed by atoms with Crippen molar-refractivity contribution in [2.45, 2.75) is 31.3 Å². The number of nitrogens with one attached hydrogen (secondary N) is 1. The Balaban J connectivity index is 1.69. The molecule has 0 radical (unpaired) electrons. The third-order valence-electron chi connectivity index (χ3n) is 3.49. The molecule has 17 heavy (non-hydrogen) atoms. The van der Waals surface area contributed by atoms with Crippen LogP contribution in [0.15, 0.2) is 18.2 Å². The van der Waals surface area contributed by atoms with Gasteiger partial charge in [-0.15, -0.1) is 0 Å². The molecule has 1 atom stereocenters. The number of nitrogens with zero attached hydrogens (tertiary/aromatic N) is 1. The molecular formula is C13H16ClFN2. The maximum atomic E-state index is 13.2. The summed E-state index contributed by atoms with van der Waals surface area (Å²) in [6, 6.07) is 5.82. The molecule has 0 amide bonds. The molecule has 1 heterocycles. The quantitative estimate of drug-likeness (QED) is 0.892. The minimum absolute atomic E-state index is 0.219. The molecule has 2 fully saturated rings. The van der Waals surface area contributed by atoms with E-state index in [1.165, 1.54) is 25.0 Å². The standard InChI is InChI=1S/C13H16ClFN2/c14-12-4-1-9(15)7-13(12)17-6-5-11(8-17)16-10-2-3-10/h1,4,7,10-11,16H,2-3,5-6,8H2. The van der Waals surface area contributed by atoms with Crippen molar-refractivity contribution in [2.75, 3.05) is 18.0 Å². The van der Waals surface area contributed by atoms with E-state index < -0.39 is 0 Å². The van der Waals surface area contributed by atoms with E-state index in [9.17, 15) is 4.39 Å². The lowest BCUT2D eigenvalue weighted by Gasteiger charge is -2.20. The summed E-state index contributed by atoms with van der Waals surface area (Å²) in [5.74, 6) is -0.219. The number of hydrogen-bond donors (Lipinski definition) is 1. The number of anilines is 1. The SMILES string of the molecule is Fc1ccc(Cl)c(N2CCC(NC3CC3)C2)c1. The van der Waals surface area contributed by atoms with Gasteiger partial charge < -0.3 is 10.2 Å². The minimum atomic E-state index is -0.219. The highest BCUT2D eigenvalue weighted by Gasteiger charge is 2.29. The highest BCUT2D eigenvalue weighted by Crippen LogP contribution is 2.30. The van der Waals surface area contributed by atoms with Crippen molar-refractivity contribution in [1.29, 1.82) is 0 Å². The summed E-state index contributed by atoms with van der Waals surface area (Å²) in [6.45, 7) is 1.88. The number of benzene rings is 1. The average molecular weight is 255 g/mol. The maximum absolute atomic E-state index is 13.2. The Hall–Kier alpha value is -0.800. The number of halogens is 2. The van der Waals surface area contributed by atoms with Crippen molar-refractivity contribution in [2.24, 2.45) is 0 Å². The van der Waals surface area contributed by atoms with E-state index in [2.05, 4.69) is 10.2 Å². The molecule has 2 nitrogen and oxygen atoms in total. The van der Waals surface area contributed by atoms with Crippen LogP contribution in [-0.2, 0) is 0 Å². The lowest BCUT2D eigenvalue weighted by atomic mass is 10.2. The van der Waals surface area contributed by atoms with Crippen LogP contribution in [0.4, 0.5) is 10.1 Å². The summed E-state index contributed by atoms with van der Waals surface area (Å²) < 4.78 is 13.2. The van der Waals surface area contributed by atoms with Gasteiger partial charge in [0.15, 0.2) is 0 Å². The van der Waals surface area contributed by atoms with Crippen LogP contribution in [0.1, 0.15) is 19.3 Å². The van der Waals surface area contributed by atoms with Crippen LogP contribution in [0.3, 0.4) is 0 Å². The molecule has 1 aliphatic heterocycles. The van der Waals surface area contributed by atoms with Crippen molar-refractivity contribution in [3.63, 3.8) is 0 Å². The first kappa shape index (κ1) is 11.3. The van der Waals surface area contributed by atoms with Gasteiger partial charge in [-0.3, -0.25) is 0 Å². The normalized spacial score (nSPS) is 24.4. The molecule has 0 spiro atoms. The van der Waals surface area contributed by atoms with E-state index in [0.29, 0.717) is 11.1 Å². The lowest BCUT2D eigenvalue weighted by molar-refractivity contribution is 0.548. The second-order valence-corrected chi connectivity index (χ2v) is 5.38. The van der Waals surface area contributed by atoms with Crippen LogP contribution in [0, 0.1) is 5.82 Å². The molecule has 2 aliphatic rings. The summed E-state index contributed by atoms with van der Waals surface area (Å²) in [5.41, 5.74) is 0.826. The Labute approximate surface area is 106 Å². The number of rotatable bonds is 3. The van der Waals surface area contributed by atoms with E-state index in [1.807, 2.05) is 0 Å². The molecule has 1 saturated heterocycles. The highest BCUT2D eigenvalue weighted by atomic mass is 35.5. The summed E-state index contributed by atoms with van der Waals surface area (Å²) >= 11 is 6.11. The smallest absolute Gasteiger partial charge is 0.125 e. The van der Waals surface area contributed by atoms with Gasteiger partial charge in [-0.2, -0.15) is 0 Å². The Kier molecular flexibility index (Phi) is 2.97. The van der Waals surface area contributed by atoms with Gasteiger partial charge in [0.2, 0.25) is 0 Å². The van der Waals surface area contributed by atoms with Crippen molar-refractivity contribution in [3.05, 3.63) is 29.0 Å². The van der Waals surface area contributed by atoms with E-state index in [1.54, 1.807) is 6.07 Å². The Morgan fingerprint density at radius 1 is 1.24 bits per heavy atom. The van der Waals surface area contributed by atoms with Crippen LogP contribution in [-0.4, -0.2) is 25.2 Å². The van der Waals surface area contributed by atoms with Crippen molar-refractivity contribution >= 4 is 17.3 Å². The maximum Gasteiger partial charge on any atom is 0.125 e. The lowest BCUT2D eigenvalue weighted by Crippen LogP contribution is -2.34. The Morgan fingerprint density at radius 3 is 2.82 bits per heavy atom. The predicted octanol–water partition coefficient (Wildman–Crippen LogP) is 2.81. The monoisotopic (exact) mass is 254 g/mol. The topological polar surface area (TPSA) is 15.3 Å². The fourth-order valence-electron chi connectivity index (χ4n) is 2.43. The first-order valence-corrected chi connectivity index (χ1v) is 6.56. The van der Waals surface area contributed by atoms with Gasteiger partial charge in [0.05, 0.1) is 10.7 Å².